The van der Waals surface area contributed by atoms with Gasteiger partial charge >= 0.3 is 0 Å². The van der Waals surface area contributed by atoms with Gasteiger partial charge in [0.25, 0.3) is 5.91 Å². The molecule has 4 atom stereocenters. The van der Waals surface area contributed by atoms with Crippen molar-refractivity contribution in [3.05, 3.63) is 27.5 Å². The van der Waals surface area contributed by atoms with Crippen molar-refractivity contribution in [2.45, 2.75) is 24.2 Å². The van der Waals surface area contributed by atoms with E-state index in [-0.39, 0.29) is 20.8 Å². The quantitative estimate of drug-likeness (QED) is 0.590. The molecule has 2 aromatic rings. The van der Waals surface area contributed by atoms with Crippen molar-refractivity contribution >= 4 is 45.8 Å². The second-order valence-electron chi connectivity index (χ2n) is 4.94. The number of fused-ring (bicyclic) bond motifs is 1. The number of imidazole rings is 1. The molecular formula is C12H11Cl3N2O5. The molecule has 7 nitrogen and oxygen atoms in total. The first-order chi connectivity index (χ1) is 10.3. The number of aliphatic hydroxyl groups is 4. The summed E-state index contributed by atoms with van der Waals surface area (Å²) in [5.74, 6) is -2.42. The summed E-state index contributed by atoms with van der Waals surface area (Å²) in [6.45, 7) is -0.411. The van der Waals surface area contributed by atoms with Crippen LogP contribution < -0.4 is 0 Å². The van der Waals surface area contributed by atoms with E-state index in [1.54, 1.807) is 0 Å². The van der Waals surface area contributed by atoms with Gasteiger partial charge in [-0.05, 0) is 23.7 Å². The topological polar surface area (TPSA) is 108 Å². The van der Waals surface area contributed by atoms with E-state index in [1.807, 2.05) is 0 Å². The van der Waals surface area contributed by atoms with E-state index in [0.29, 0.717) is 5.52 Å². The first-order valence-corrected chi connectivity index (χ1v) is 7.33. The van der Waals surface area contributed by atoms with Gasteiger partial charge in [0, 0.05) is 0 Å². The first kappa shape index (κ1) is 16.2. The third-order valence-corrected chi connectivity index (χ3v) is 4.52. The molecule has 22 heavy (non-hydrogen) atoms. The molecule has 1 aliphatic rings. The number of nitrogens with zero attached hydrogens (tertiary/aromatic N) is 2. The Morgan fingerprint density at radius 1 is 1.18 bits per heavy atom. The predicted molar refractivity (Wildman–Crippen MR) is 78.9 cm³/mol. The van der Waals surface area contributed by atoms with Crippen LogP contribution in [0.3, 0.4) is 0 Å². The fourth-order valence-electron chi connectivity index (χ4n) is 2.37. The lowest BCUT2D eigenvalue weighted by atomic mass is 10.0. The molecule has 0 aliphatic carbocycles. The molecule has 1 aliphatic heterocycles. The number of halogens is 3. The number of rotatable bonds is 1. The maximum Gasteiger partial charge on any atom is 0.285 e. The summed E-state index contributed by atoms with van der Waals surface area (Å²) < 4.78 is 6.10. The number of hydrogen-bond donors (Lipinski definition) is 4. The van der Waals surface area contributed by atoms with E-state index >= 15 is 0 Å². The molecule has 3 rings (SSSR count). The second-order valence-corrected chi connectivity index (χ2v) is 6.10. The molecule has 0 radical (unpaired) electrons. The van der Waals surface area contributed by atoms with Gasteiger partial charge in [0.1, 0.15) is 12.2 Å². The minimum absolute atomic E-state index is 0.182. The molecular weight excluding hydrogens is 359 g/mol. The number of benzene rings is 1. The van der Waals surface area contributed by atoms with Gasteiger partial charge in [-0.3, -0.25) is 4.57 Å². The highest BCUT2D eigenvalue weighted by molar-refractivity contribution is 6.42. The Hall–Kier alpha value is -0.640. The molecule has 120 valence electrons. The summed E-state index contributed by atoms with van der Waals surface area (Å²) >= 11 is 17.9. The fraction of sp³-hybridized carbons (Fsp3) is 0.417. The smallest absolute Gasteiger partial charge is 0.285 e. The Labute approximate surface area is 139 Å². The maximum atomic E-state index is 10.6. The van der Waals surface area contributed by atoms with Crippen molar-refractivity contribution in [2.24, 2.45) is 0 Å². The normalized spacial score (nSPS) is 32.6. The Kier molecular flexibility index (Phi) is 4.03. The molecule has 1 aromatic carbocycles. The van der Waals surface area contributed by atoms with Gasteiger partial charge in [0.15, 0.2) is 6.10 Å². The van der Waals surface area contributed by atoms with Crippen LogP contribution in [-0.2, 0) is 10.6 Å². The van der Waals surface area contributed by atoms with Crippen molar-refractivity contribution < 1.29 is 25.2 Å². The number of ether oxygens (including phenoxy) is 1. The zero-order valence-electron chi connectivity index (χ0n) is 10.8. The van der Waals surface area contributed by atoms with E-state index in [9.17, 15) is 20.4 Å². The minimum Gasteiger partial charge on any atom is -0.388 e. The van der Waals surface area contributed by atoms with Crippen LogP contribution in [0.25, 0.3) is 11.0 Å². The molecule has 4 N–H and O–H groups in total. The molecule has 10 heteroatoms. The van der Waals surface area contributed by atoms with Crippen molar-refractivity contribution in [1.82, 2.24) is 9.55 Å². The lowest BCUT2D eigenvalue weighted by Crippen LogP contribution is -2.61. The molecule has 1 saturated heterocycles. The monoisotopic (exact) mass is 368 g/mol. The first-order valence-electron chi connectivity index (χ1n) is 6.19. The Balaban J connectivity index is 2.21. The van der Waals surface area contributed by atoms with Gasteiger partial charge in [0.05, 0.1) is 27.7 Å². The highest BCUT2D eigenvalue weighted by Crippen LogP contribution is 2.37. The third-order valence-electron chi connectivity index (χ3n) is 3.55. The standard InChI is InChI=1S/C12H11Cl3N2O5/c13-4-1-6-7(2-5(4)14)17(11(15)16-6)12(21)10(20)9(19)8(18)3-22-12/h1-2,8-10,18-21H,3H2/t8-,9+,10-,12?/m1/s1. The van der Waals surface area contributed by atoms with E-state index in [4.69, 9.17) is 39.5 Å². The average molecular weight is 370 g/mol. The van der Waals surface area contributed by atoms with Crippen LogP contribution in [0, 0.1) is 0 Å². The lowest BCUT2D eigenvalue weighted by Gasteiger charge is -2.42. The van der Waals surface area contributed by atoms with Crippen LogP contribution in [0.15, 0.2) is 12.1 Å². The van der Waals surface area contributed by atoms with Gasteiger partial charge in [-0.2, -0.15) is 0 Å². The summed E-state index contributed by atoms with van der Waals surface area (Å²) in [4.78, 5) is 4.00. The van der Waals surface area contributed by atoms with Crippen molar-refractivity contribution in [2.75, 3.05) is 6.61 Å². The van der Waals surface area contributed by atoms with Crippen LogP contribution in [-0.4, -0.2) is 54.9 Å². The zero-order chi connectivity index (χ0) is 16.2. The van der Waals surface area contributed by atoms with Crippen molar-refractivity contribution in [3.63, 3.8) is 0 Å². The summed E-state index contributed by atoms with van der Waals surface area (Å²) in [5.41, 5.74) is 0.550. The van der Waals surface area contributed by atoms with E-state index in [0.717, 1.165) is 4.57 Å². The molecule has 1 unspecified atom stereocenters. The second kappa shape index (κ2) is 5.47. The van der Waals surface area contributed by atoms with Gasteiger partial charge in [-0.25, -0.2) is 4.98 Å². The largest absolute Gasteiger partial charge is 0.388 e. The molecule has 0 bridgehead atoms. The summed E-state index contributed by atoms with van der Waals surface area (Å²) in [7, 11) is 0. The van der Waals surface area contributed by atoms with E-state index < -0.39 is 30.8 Å². The van der Waals surface area contributed by atoms with E-state index in [1.165, 1.54) is 12.1 Å². The molecule has 0 spiro atoms. The highest BCUT2D eigenvalue weighted by atomic mass is 35.5. The summed E-state index contributed by atoms with van der Waals surface area (Å²) in [6, 6.07) is 2.83. The van der Waals surface area contributed by atoms with Gasteiger partial charge in [-0.1, -0.05) is 23.2 Å². The van der Waals surface area contributed by atoms with Crippen LogP contribution in [0.4, 0.5) is 0 Å². The highest BCUT2D eigenvalue weighted by Gasteiger charge is 2.51. The van der Waals surface area contributed by atoms with E-state index in [2.05, 4.69) is 4.98 Å². The molecule has 0 amide bonds. The molecule has 2 heterocycles. The fourth-order valence-corrected chi connectivity index (χ4v) is 2.99. The Bertz CT molecular complexity index is 739. The van der Waals surface area contributed by atoms with Crippen LogP contribution >= 0.6 is 34.8 Å². The number of aliphatic hydroxyl groups excluding tert-OH is 3. The van der Waals surface area contributed by atoms with Gasteiger partial charge in [0.2, 0.25) is 5.28 Å². The molecule has 1 fully saturated rings. The lowest BCUT2D eigenvalue weighted by molar-refractivity contribution is -0.364. The summed E-state index contributed by atoms with van der Waals surface area (Å²) in [6.07, 6.45) is -4.84. The summed E-state index contributed by atoms with van der Waals surface area (Å²) in [5, 5.41) is 40.2. The third kappa shape index (κ3) is 2.29. The predicted octanol–water partition coefficient (Wildman–Crippen LogP) is 0.712. The number of hydrogen-bond acceptors (Lipinski definition) is 6. The van der Waals surface area contributed by atoms with Crippen LogP contribution in [0.1, 0.15) is 0 Å². The van der Waals surface area contributed by atoms with Crippen molar-refractivity contribution in [1.29, 1.82) is 0 Å². The average Bonchev–Trinajstić information content (AvgIpc) is 2.77. The maximum absolute atomic E-state index is 10.6. The Morgan fingerprint density at radius 3 is 2.50 bits per heavy atom. The van der Waals surface area contributed by atoms with Crippen LogP contribution in [0.5, 0.6) is 0 Å². The van der Waals surface area contributed by atoms with Crippen molar-refractivity contribution in [3.8, 4) is 0 Å². The molecule has 1 aromatic heterocycles. The Morgan fingerprint density at radius 2 is 1.82 bits per heavy atom. The van der Waals surface area contributed by atoms with Gasteiger partial charge < -0.3 is 25.2 Å². The molecule has 0 saturated carbocycles. The minimum atomic E-state index is -2.42. The van der Waals surface area contributed by atoms with Gasteiger partial charge in [-0.15, -0.1) is 0 Å². The zero-order valence-corrected chi connectivity index (χ0v) is 13.1. The van der Waals surface area contributed by atoms with Crippen LogP contribution in [0.2, 0.25) is 15.3 Å². The SMILES string of the molecule is O[C@H]1[C@H](O)COC(O)(n2c(Cl)nc3cc(Cl)c(Cl)cc32)[C@@H]1O. The number of aromatic nitrogens is 2.